The molecule has 0 aromatic rings. The largest absolute Gasteiger partial charge is 0.306 e. The highest BCUT2D eigenvalue weighted by atomic mass is 32.1. The number of rotatable bonds is 6. The van der Waals surface area contributed by atoms with E-state index >= 15 is 0 Å². The Bertz CT molecular complexity index is 154. The van der Waals surface area contributed by atoms with Gasteiger partial charge >= 0.3 is 0 Å². The lowest BCUT2D eigenvalue weighted by Crippen LogP contribution is -2.45. The predicted octanol–water partition coefficient (Wildman–Crippen LogP) is 0.441. The van der Waals surface area contributed by atoms with Gasteiger partial charge in [0.05, 0.1) is 6.04 Å². The fourth-order valence-corrected chi connectivity index (χ4v) is 0.914. The second-order valence-corrected chi connectivity index (χ2v) is 4.33. The fraction of sp³-hybridized carbons (Fsp3) is 0.750. The first-order valence-corrected chi connectivity index (χ1v) is 4.31. The lowest BCUT2D eigenvalue weighted by molar-refractivity contribution is -0.111. The van der Waals surface area contributed by atoms with E-state index in [1.54, 1.807) is 0 Å². The molecule has 0 fully saturated rings. The van der Waals surface area contributed by atoms with Gasteiger partial charge in [0.25, 0.3) is 0 Å². The van der Waals surface area contributed by atoms with Gasteiger partial charge in [0.1, 0.15) is 12.6 Å². The van der Waals surface area contributed by atoms with Crippen molar-refractivity contribution in [1.29, 1.82) is 0 Å². The zero-order valence-corrected chi connectivity index (χ0v) is 8.30. The summed E-state index contributed by atoms with van der Waals surface area (Å²) in [7, 11) is 0. The lowest BCUT2D eigenvalue weighted by atomic mass is 10.0. The van der Waals surface area contributed by atoms with Crippen molar-refractivity contribution in [2.45, 2.75) is 31.1 Å². The monoisotopic (exact) mass is 189 g/mol. The van der Waals surface area contributed by atoms with E-state index in [-0.39, 0.29) is 10.8 Å². The number of carbonyl (C=O) groups excluding carboxylic acids is 2. The highest BCUT2D eigenvalue weighted by Gasteiger charge is 2.23. The molecular formula is C8H15NO2S. The predicted molar refractivity (Wildman–Crippen MR) is 51.6 cm³/mol. The fourth-order valence-electron chi connectivity index (χ4n) is 0.762. The second-order valence-electron chi connectivity index (χ2n) is 3.18. The van der Waals surface area contributed by atoms with Crippen LogP contribution < -0.4 is 5.32 Å². The molecule has 12 heavy (non-hydrogen) atoms. The molecule has 0 aromatic heterocycles. The standard InChI is InChI=1S/C8H15NO2S/c1-8(2,12)7(6-11)9-4-3-5-10/h5-7,9,12H,3-4H2,1-2H3. The van der Waals surface area contributed by atoms with E-state index in [2.05, 4.69) is 17.9 Å². The van der Waals surface area contributed by atoms with Crippen molar-refractivity contribution in [3.8, 4) is 0 Å². The number of thiol groups is 1. The van der Waals surface area contributed by atoms with Crippen LogP contribution in [0.5, 0.6) is 0 Å². The average Bonchev–Trinajstić information content (AvgIpc) is 1.95. The van der Waals surface area contributed by atoms with Crippen molar-refractivity contribution < 1.29 is 9.59 Å². The number of nitrogens with one attached hydrogen (secondary N) is 1. The van der Waals surface area contributed by atoms with Crippen LogP contribution in [0.4, 0.5) is 0 Å². The minimum absolute atomic E-state index is 0.305. The normalized spacial score (nSPS) is 13.9. The first kappa shape index (κ1) is 11.6. The lowest BCUT2D eigenvalue weighted by Gasteiger charge is -2.25. The molecule has 0 saturated carbocycles. The Balaban J connectivity index is 3.83. The van der Waals surface area contributed by atoms with Gasteiger partial charge in [-0.3, -0.25) is 0 Å². The number of hydrogen-bond acceptors (Lipinski definition) is 4. The first-order chi connectivity index (χ1) is 5.52. The van der Waals surface area contributed by atoms with Crippen molar-refractivity contribution >= 4 is 25.2 Å². The molecule has 3 nitrogen and oxygen atoms in total. The topological polar surface area (TPSA) is 46.2 Å². The molecule has 0 amide bonds. The molecule has 0 spiro atoms. The summed E-state index contributed by atoms with van der Waals surface area (Å²) in [6.07, 6.45) is 2.06. The quantitative estimate of drug-likeness (QED) is 0.362. The molecule has 0 aliphatic heterocycles. The van der Waals surface area contributed by atoms with Crippen molar-refractivity contribution in [2.75, 3.05) is 6.54 Å². The van der Waals surface area contributed by atoms with Crippen LogP contribution in [0.15, 0.2) is 0 Å². The zero-order chi connectivity index (χ0) is 9.61. The molecule has 0 aliphatic rings. The molecule has 0 radical (unpaired) electrons. The van der Waals surface area contributed by atoms with E-state index in [1.807, 2.05) is 13.8 Å². The Kier molecular flexibility index (Phi) is 5.17. The molecule has 70 valence electrons. The van der Waals surface area contributed by atoms with E-state index in [9.17, 15) is 9.59 Å². The van der Waals surface area contributed by atoms with Gasteiger partial charge in [-0.15, -0.1) is 0 Å². The second kappa shape index (κ2) is 5.32. The van der Waals surface area contributed by atoms with Crippen LogP contribution in [0.2, 0.25) is 0 Å². The maximum absolute atomic E-state index is 10.5. The molecule has 0 aromatic carbocycles. The van der Waals surface area contributed by atoms with Crippen LogP contribution >= 0.6 is 12.6 Å². The van der Waals surface area contributed by atoms with Gasteiger partial charge in [0.15, 0.2) is 0 Å². The maximum atomic E-state index is 10.5. The number of aldehydes is 2. The van der Waals surface area contributed by atoms with Crippen LogP contribution in [0, 0.1) is 0 Å². The van der Waals surface area contributed by atoms with Crippen molar-refractivity contribution in [3.05, 3.63) is 0 Å². The van der Waals surface area contributed by atoms with Crippen LogP contribution in [0.3, 0.4) is 0 Å². The Morgan fingerprint density at radius 3 is 2.42 bits per heavy atom. The summed E-state index contributed by atoms with van der Waals surface area (Å²) < 4.78 is -0.384. The summed E-state index contributed by atoms with van der Waals surface area (Å²) in [4.78, 5) is 20.5. The summed E-state index contributed by atoms with van der Waals surface area (Å²) >= 11 is 4.25. The van der Waals surface area contributed by atoms with Crippen molar-refractivity contribution in [1.82, 2.24) is 5.32 Å². The Hall–Kier alpha value is -0.350. The van der Waals surface area contributed by atoms with Crippen LogP contribution in [0.1, 0.15) is 20.3 Å². The average molecular weight is 189 g/mol. The Morgan fingerprint density at radius 2 is 2.08 bits per heavy atom. The van der Waals surface area contributed by atoms with E-state index < -0.39 is 0 Å². The van der Waals surface area contributed by atoms with E-state index in [4.69, 9.17) is 0 Å². The van der Waals surface area contributed by atoms with E-state index in [0.717, 1.165) is 12.6 Å². The summed E-state index contributed by atoms with van der Waals surface area (Å²) in [5.41, 5.74) is 0. The molecule has 0 rings (SSSR count). The summed E-state index contributed by atoms with van der Waals surface area (Å²) in [6, 6.07) is -0.305. The molecule has 4 heteroatoms. The molecule has 1 N–H and O–H groups in total. The molecule has 1 unspecified atom stereocenters. The van der Waals surface area contributed by atoms with E-state index in [0.29, 0.717) is 13.0 Å². The van der Waals surface area contributed by atoms with Gasteiger partial charge in [-0.2, -0.15) is 12.6 Å². The Morgan fingerprint density at radius 1 is 1.50 bits per heavy atom. The minimum Gasteiger partial charge on any atom is -0.306 e. The summed E-state index contributed by atoms with van der Waals surface area (Å²) in [5, 5.41) is 2.93. The molecule has 0 heterocycles. The van der Waals surface area contributed by atoms with Gasteiger partial charge in [0.2, 0.25) is 0 Å². The third-order valence-electron chi connectivity index (χ3n) is 1.52. The SMILES string of the molecule is CC(C)(S)C(C=O)NCCC=O. The highest BCUT2D eigenvalue weighted by molar-refractivity contribution is 7.81. The molecule has 0 bridgehead atoms. The number of carbonyl (C=O) groups is 2. The van der Waals surface area contributed by atoms with Crippen LogP contribution in [0.25, 0.3) is 0 Å². The van der Waals surface area contributed by atoms with Gasteiger partial charge < -0.3 is 14.9 Å². The summed E-state index contributed by atoms with van der Waals surface area (Å²) in [5.74, 6) is 0. The zero-order valence-electron chi connectivity index (χ0n) is 7.41. The summed E-state index contributed by atoms with van der Waals surface area (Å²) in [6.45, 7) is 4.23. The Labute approximate surface area is 78.3 Å². The third-order valence-corrected chi connectivity index (χ3v) is 1.80. The van der Waals surface area contributed by atoms with Gasteiger partial charge in [0, 0.05) is 17.7 Å². The molecule has 0 aliphatic carbocycles. The first-order valence-electron chi connectivity index (χ1n) is 3.87. The number of hydrogen-bond donors (Lipinski definition) is 2. The smallest absolute Gasteiger partial charge is 0.138 e. The van der Waals surface area contributed by atoms with Crippen LogP contribution in [-0.4, -0.2) is 29.9 Å². The van der Waals surface area contributed by atoms with Crippen molar-refractivity contribution in [3.63, 3.8) is 0 Å². The van der Waals surface area contributed by atoms with E-state index in [1.165, 1.54) is 0 Å². The van der Waals surface area contributed by atoms with Gasteiger partial charge in [-0.1, -0.05) is 0 Å². The molecule has 1 atom stereocenters. The third kappa shape index (κ3) is 4.51. The maximum Gasteiger partial charge on any atom is 0.138 e. The molecular weight excluding hydrogens is 174 g/mol. The van der Waals surface area contributed by atoms with Crippen LogP contribution in [-0.2, 0) is 9.59 Å². The van der Waals surface area contributed by atoms with Crippen molar-refractivity contribution in [2.24, 2.45) is 0 Å². The van der Waals surface area contributed by atoms with Gasteiger partial charge in [-0.05, 0) is 13.8 Å². The van der Waals surface area contributed by atoms with Gasteiger partial charge in [-0.25, -0.2) is 0 Å². The minimum atomic E-state index is -0.384. The molecule has 0 saturated heterocycles. The highest BCUT2D eigenvalue weighted by Crippen LogP contribution is 2.15.